The van der Waals surface area contributed by atoms with Gasteiger partial charge < -0.3 is 30.7 Å². The highest BCUT2D eigenvalue weighted by atomic mass is 16.5. The normalized spacial score (nSPS) is 15.8. The van der Waals surface area contributed by atoms with Crippen molar-refractivity contribution in [2.75, 3.05) is 58.0 Å². The summed E-state index contributed by atoms with van der Waals surface area (Å²) < 4.78 is 11.9. The lowest BCUT2D eigenvalue weighted by Crippen LogP contribution is -2.34. The number of para-hydroxylation sites is 1. The fourth-order valence-corrected chi connectivity index (χ4v) is 4.21. The lowest BCUT2D eigenvalue weighted by atomic mass is 10.0. The standard InChI is InChI=1S/C27H31N7O2/c1-34(2)13-15-35-19-7-3-6-18(16-19)20-8-4-9-21-24(20)32-27(33-26(21)28)31-22-10-5-11-30-25(22)23-17-29-12-14-36-23/h3-11,16,23,29H,12-15,17H2,1-2H3,(H3,28,31,32,33). The van der Waals surface area contributed by atoms with Crippen molar-refractivity contribution in [3.8, 4) is 16.9 Å². The van der Waals surface area contributed by atoms with Crippen molar-refractivity contribution < 1.29 is 9.47 Å². The Bertz CT molecular complexity index is 1340. The molecule has 186 valence electrons. The number of fused-ring (bicyclic) bond motifs is 1. The molecular formula is C27H31N7O2. The Hall–Kier alpha value is -3.79. The molecule has 4 N–H and O–H groups in total. The zero-order valence-electron chi connectivity index (χ0n) is 20.6. The Morgan fingerprint density at radius 1 is 1.14 bits per heavy atom. The molecule has 1 atom stereocenters. The van der Waals surface area contributed by atoms with E-state index in [1.54, 1.807) is 6.20 Å². The molecule has 36 heavy (non-hydrogen) atoms. The van der Waals surface area contributed by atoms with Crippen molar-refractivity contribution in [2.24, 2.45) is 0 Å². The van der Waals surface area contributed by atoms with E-state index in [-0.39, 0.29) is 6.10 Å². The maximum atomic E-state index is 6.39. The molecule has 0 radical (unpaired) electrons. The van der Waals surface area contributed by atoms with Crippen molar-refractivity contribution >= 4 is 28.4 Å². The maximum absolute atomic E-state index is 6.39. The van der Waals surface area contributed by atoms with E-state index in [4.69, 9.17) is 20.2 Å². The third-order valence-electron chi connectivity index (χ3n) is 6.03. The van der Waals surface area contributed by atoms with Gasteiger partial charge in [0, 0.05) is 36.8 Å². The summed E-state index contributed by atoms with van der Waals surface area (Å²) in [5.41, 5.74) is 10.7. The van der Waals surface area contributed by atoms with Crippen LogP contribution in [-0.2, 0) is 4.74 Å². The summed E-state index contributed by atoms with van der Waals surface area (Å²) in [7, 11) is 4.05. The molecule has 1 aliphatic rings. The van der Waals surface area contributed by atoms with Gasteiger partial charge in [-0.15, -0.1) is 0 Å². The summed E-state index contributed by atoms with van der Waals surface area (Å²) in [4.78, 5) is 16.1. The number of hydrogen-bond donors (Lipinski definition) is 3. The molecule has 0 bridgehead atoms. The van der Waals surface area contributed by atoms with Crippen LogP contribution in [0.5, 0.6) is 5.75 Å². The van der Waals surface area contributed by atoms with E-state index in [1.165, 1.54) is 0 Å². The van der Waals surface area contributed by atoms with Crippen molar-refractivity contribution in [2.45, 2.75) is 6.10 Å². The van der Waals surface area contributed by atoms with E-state index in [0.29, 0.717) is 31.5 Å². The van der Waals surface area contributed by atoms with Gasteiger partial charge in [-0.2, -0.15) is 4.98 Å². The summed E-state index contributed by atoms with van der Waals surface area (Å²) >= 11 is 0. The van der Waals surface area contributed by atoms with E-state index in [2.05, 4.69) is 25.5 Å². The molecule has 5 rings (SSSR count). The van der Waals surface area contributed by atoms with E-state index in [9.17, 15) is 0 Å². The summed E-state index contributed by atoms with van der Waals surface area (Å²) in [6.07, 6.45) is 1.62. The van der Waals surface area contributed by atoms with E-state index in [0.717, 1.165) is 52.3 Å². The quantitative estimate of drug-likeness (QED) is 0.345. The average Bonchev–Trinajstić information content (AvgIpc) is 2.89. The predicted molar refractivity (Wildman–Crippen MR) is 143 cm³/mol. The lowest BCUT2D eigenvalue weighted by Gasteiger charge is -2.24. The molecule has 0 saturated carbocycles. The van der Waals surface area contributed by atoms with E-state index >= 15 is 0 Å². The number of nitrogens with two attached hydrogens (primary N) is 1. The number of likely N-dealkylation sites (N-methyl/N-ethyl adjacent to an activating group) is 1. The lowest BCUT2D eigenvalue weighted by molar-refractivity contribution is 0.0255. The number of rotatable bonds is 8. The van der Waals surface area contributed by atoms with Crippen LogP contribution in [-0.4, -0.2) is 66.8 Å². The number of nitrogen functional groups attached to an aromatic ring is 1. The predicted octanol–water partition coefficient (Wildman–Crippen LogP) is 3.62. The van der Waals surface area contributed by atoms with Gasteiger partial charge in [0.15, 0.2) is 0 Å². The smallest absolute Gasteiger partial charge is 0.229 e. The largest absolute Gasteiger partial charge is 0.492 e. The zero-order valence-corrected chi connectivity index (χ0v) is 20.6. The second-order valence-electron chi connectivity index (χ2n) is 8.94. The number of ether oxygens (including phenoxy) is 2. The number of nitrogens with zero attached hydrogens (tertiary/aromatic N) is 4. The summed E-state index contributed by atoms with van der Waals surface area (Å²) in [6.45, 7) is 3.63. The Morgan fingerprint density at radius 3 is 2.86 bits per heavy atom. The fraction of sp³-hybridized carbons (Fsp3) is 0.296. The molecule has 9 heteroatoms. The molecule has 2 aromatic heterocycles. The van der Waals surface area contributed by atoms with Crippen LogP contribution in [0.4, 0.5) is 17.5 Å². The van der Waals surface area contributed by atoms with Crippen LogP contribution in [0.2, 0.25) is 0 Å². The second-order valence-corrected chi connectivity index (χ2v) is 8.94. The minimum Gasteiger partial charge on any atom is -0.492 e. The van der Waals surface area contributed by atoms with Gasteiger partial charge in [0.2, 0.25) is 5.95 Å². The molecule has 1 fully saturated rings. The summed E-state index contributed by atoms with van der Waals surface area (Å²) in [5.74, 6) is 1.63. The third kappa shape index (κ3) is 5.38. The molecule has 3 heterocycles. The molecule has 9 nitrogen and oxygen atoms in total. The zero-order chi connectivity index (χ0) is 24.9. The molecule has 1 unspecified atom stereocenters. The number of nitrogens with one attached hydrogen (secondary N) is 2. The number of anilines is 3. The molecule has 0 amide bonds. The van der Waals surface area contributed by atoms with Gasteiger partial charge in [-0.1, -0.05) is 24.3 Å². The first-order valence-electron chi connectivity index (χ1n) is 12.1. The van der Waals surface area contributed by atoms with Gasteiger partial charge in [-0.3, -0.25) is 4.98 Å². The van der Waals surface area contributed by atoms with E-state index in [1.807, 2.05) is 68.7 Å². The molecule has 2 aromatic carbocycles. The number of benzene rings is 2. The molecular weight excluding hydrogens is 454 g/mol. The van der Waals surface area contributed by atoms with Gasteiger partial charge in [-0.05, 0) is 50.0 Å². The number of morpholine rings is 1. The van der Waals surface area contributed by atoms with Gasteiger partial charge in [-0.25, -0.2) is 4.98 Å². The summed E-state index contributed by atoms with van der Waals surface area (Å²) in [5, 5.41) is 7.47. The van der Waals surface area contributed by atoms with Gasteiger partial charge in [0.1, 0.15) is 24.3 Å². The minimum absolute atomic E-state index is 0.147. The Labute approximate surface area is 210 Å². The Kier molecular flexibility index (Phi) is 7.22. The Morgan fingerprint density at radius 2 is 2.03 bits per heavy atom. The highest BCUT2D eigenvalue weighted by Gasteiger charge is 2.21. The highest BCUT2D eigenvalue weighted by Crippen LogP contribution is 2.33. The van der Waals surface area contributed by atoms with Crippen LogP contribution in [0.25, 0.3) is 22.0 Å². The second kappa shape index (κ2) is 10.9. The van der Waals surface area contributed by atoms with Gasteiger partial charge in [0.25, 0.3) is 0 Å². The first-order valence-corrected chi connectivity index (χ1v) is 12.1. The maximum Gasteiger partial charge on any atom is 0.229 e. The van der Waals surface area contributed by atoms with Crippen LogP contribution < -0.4 is 21.1 Å². The molecule has 1 aliphatic heterocycles. The van der Waals surface area contributed by atoms with E-state index < -0.39 is 0 Å². The number of pyridine rings is 1. The van der Waals surface area contributed by atoms with Crippen molar-refractivity contribution in [1.29, 1.82) is 0 Å². The third-order valence-corrected chi connectivity index (χ3v) is 6.03. The number of aromatic nitrogens is 3. The topological polar surface area (TPSA) is 110 Å². The average molecular weight is 486 g/mol. The van der Waals surface area contributed by atoms with Crippen molar-refractivity contribution in [3.63, 3.8) is 0 Å². The summed E-state index contributed by atoms with van der Waals surface area (Å²) in [6, 6.07) is 17.8. The molecule has 0 aliphatic carbocycles. The minimum atomic E-state index is -0.147. The molecule has 4 aromatic rings. The van der Waals surface area contributed by atoms with Crippen LogP contribution in [0.1, 0.15) is 11.8 Å². The molecule has 1 saturated heterocycles. The molecule has 0 spiro atoms. The highest BCUT2D eigenvalue weighted by molar-refractivity contribution is 5.99. The van der Waals surface area contributed by atoms with Crippen molar-refractivity contribution in [1.82, 2.24) is 25.2 Å². The first-order chi connectivity index (χ1) is 17.6. The van der Waals surface area contributed by atoms with Crippen LogP contribution in [0.3, 0.4) is 0 Å². The fourth-order valence-electron chi connectivity index (χ4n) is 4.21. The van der Waals surface area contributed by atoms with Crippen LogP contribution >= 0.6 is 0 Å². The van der Waals surface area contributed by atoms with Crippen LogP contribution in [0.15, 0.2) is 60.8 Å². The monoisotopic (exact) mass is 485 g/mol. The van der Waals surface area contributed by atoms with Crippen molar-refractivity contribution in [3.05, 3.63) is 66.5 Å². The van der Waals surface area contributed by atoms with Gasteiger partial charge in [0.05, 0.1) is 23.5 Å². The Balaban J connectivity index is 1.48. The first kappa shape index (κ1) is 23.9. The van der Waals surface area contributed by atoms with Crippen LogP contribution in [0, 0.1) is 0 Å². The SMILES string of the molecule is CN(C)CCOc1cccc(-c2cccc3c(N)nc(Nc4cccnc4C4CNCCO4)nc23)c1. The van der Waals surface area contributed by atoms with Gasteiger partial charge >= 0.3 is 0 Å². The number of hydrogen-bond acceptors (Lipinski definition) is 9.